The van der Waals surface area contributed by atoms with E-state index in [9.17, 15) is 0 Å². The van der Waals surface area contributed by atoms with E-state index < -0.39 is 5.54 Å². The molecular weight excluding hydrogens is 222 g/mol. The highest BCUT2D eigenvalue weighted by atomic mass is 35.5. The van der Waals surface area contributed by atoms with E-state index in [1.807, 2.05) is 13.8 Å². The summed E-state index contributed by atoms with van der Waals surface area (Å²) in [5.74, 6) is 0.745. The SMILES string of the molecule is COc1c(C(C)(C)N)cc2c(c1Cl)CCC2. The molecule has 1 aliphatic rings. The molecule has 0 unspecified atom stereocenters. The summed E-state index contributed by atoms with van der Waals surface area (Å²) in [5, 5.41) is 0.756. The Labute approximate surface area is 102 Å². The molecule has 0 atom stereocenters. The van der Waals surface area contributed by atoms with E-state index in [-0.39, 0.29) is 0 Å². The van der Waals surface area contributed by atoms with E-state index in [4.69, 9.17) is 22.1 Å². The maximum absolute atomic E-state index is 6.38. The number of nitrogens with two attached hydrogens (primary N) is 1. The van der Waals surface area contributed by atoms with Gasteiger partial charge in [0.25, 0.3) is 0 Å². The van der Waals surface area contributed by atoms with Crippen molar-refractivity contribution in [2.75, 3.05) is 7.11 Å². The van der Waals surface area contributed by atoms with Gasteiger partial charge in [0.05, 0.1) is 12.1 Å². The number of hydrogen-bond donors (Lipinski definition) is 1. The largest absolute Gasteiger partial charge is 0.495 e. The van der Waals surface area contributed by atoms with Crippen molar-refractivity contribution in [3.8, 4) is 5.75 Å². The second kappa shape index (κ2) is 3.94. The minimum Gasteiger partial charge on any atom is -0.495 e. The van der Waals surface area contributed by atoms with E-state index in [2.05, 4.69) is 6.07 Å². The number of hydrogen-bond acceptors (Lipinski definition) is 2. The topological polar surface area (TPSA) is 35.2 Å². The first-order chi connectivity index (χ1) is 7.45. The van der Waals surface area contributed by atoms with Crippen LogP contribution in [0.2, 0.25) is 5.02 Å². The monoisotopic (exact) mass is 239 g/mol. The van der Waals surface area contributed by atoms with Crippen LogP contribution in [0.5, 0.6) is 5.75 Å². The third kappa shape index (κ3) is 1.80. The van der Waals surface area contributed by atoms with Gasteiger partial charge in [0.2, 0.25) is 0 Å². The molecular formula is C13H18ClNO. The number of rotatable bonds is 2. The fourth-order valence-corrected chi connectivity index (χ4v) is 2.75. The summed E-state index contributed by atoms with van der Waals surface area (Å²) in [6.45, 7) is 3.95. The molecule has 0 amide bonds. The molecule has 0 radical (unpaired) electrons. The van der Waals surface area contributed by atoms with Crippen LogP contribution in [-0.2, 0) is 18.4 Å². The van der Waals surface area contributed by atoms with Gasteiger partial charge in [-0.2, -0.15) is 0 Å². The predicted molar refractivity (Wildman–Crippen MR) is 67.2 cm³/mol. The third-order valence-electron chi connectivity index (χ3n) is 3.19. The Kier molecular flexibility index (Phi) is 2.89. The minimum atomic E-state index is -0.424. The number of ether oxygens (including phenoxy) is 1. The van der Waals surface area contributed by atoms with Gasteiger partial charge in [-0.05, 0) is 50.3 Å². The lowest BCUT2D eigenvalue weighted by Gasteiger charge is -2.24. The lowest BCUT2D eigenvalue weighted by atomic mass is 9.91. The Hall–Kier alpha value is -0.730. The van der Waals surface area contributed by atoms with Crippen molar-refractivity contribution in [1.29, 1.82) is 0 Å². The quantitative estimate of drug-likeness (QED) is 0.861. The fourth-order valence-electron chi connectivity index (χ4n) is 2.35. The van der Waals surface area contributed by atoms with Crippen LogP contribution in [0.25, 0.3) is 0 Å². The van der Waals surface area contributed by atoms with E-state index in [0.717, 1.165) is 29.2 Å². The van der Waals surface area contributed by atoms with Gasteiger partial charge in [-0.1, -0.05) is 11.6 Å². The first-order valence-corrected chi connectivity index (χ1v) is 6.00. The van der Waals surface area contributed by atoms with E-state index in [1.54, 1.807) is 7.11 Å². The van der Waals surface area contributed by atoms with Gasteiger partial charge in [-0.3, -0.25) is 0 Å². The van der Waals surface area contributed by atoms with Crippen molar-refractivity contribution in [3.63, 3.8) is 0 Å². The molecule has 3 heteroatoms. The molecule has 2 nitrogen and oxygen atoms in total. The van der Waals surface area contributed by atoms with Crippen LogP contribution >= 0.6 is 11.6 Å². The number of methoxy groups -OCH3 is 1. The predicted octanol–water partition coefficient (Wildman–Crippen LogP) is 3.03. The first kappa shape index (κ1) is 11.7. The van der Waals surface area contributed by atoms with Crippen molar-refractivity contribution in [3.05, 3.63) is 27.8 Å². The molecule has 88 valence electrons. The summed E-state index contributed by atoms with van der Waals surface area (Å²) in [5.41, 5.74) is 9.31. The summed E-state index contributed by atoms with van der Waals surface area (Å²) in [6.07, 6.45) is 3.32. The van der Waals surface area contributed by atoms with Crippen LogP contribution in [0.3, 0.4) is 0 Å². The average Bonchev–Trinajstić information content (AvgIpc) is 2.64. The fraction of sp³-hybridized carbons (Fsp3) is 0.538. The molecule has 0 heterocycles. The van der Waals surface area contributed by atoms with E-state index in [1.165, 1.54) is 17.5 Å². The van der Waals surface area contributed by atoms with Crippen LogP contribution in [0.1, 0.15) is 37.0 Å². The molecule has 0 saturated carbocycles. The van der Waals surface area contributed by atoms with Gasteiger partial charge in [-0.25, -0.2) is 0 Å². The molecule has 1 aromatic carbocycles. The number of fused-ring (bicyclic) bond motifs is 1. The Bertz CT molecular complexity index is 421. The van der Waals surface area contributed by atoms with Crippen molar-refractivity contribution in [2.24, 2.45) is 5.73 Å². The van der Waals surface area contributed by atoms with Gasteiger partial charge in [0, 0.05) is 11.1 Å². The lowest BCUT2D eigenvalue weighted by molar-refractivity contribution is 0.394. The maximum Gasteiger partial charge on any atom is 0.142 e. The van der Waals surface area contributed by atoms with Gasteiger partial charge in [0.1, 0.15) is 5.75 Å². The van der Waals surface area contributed by atoms with Gasteiger partial charge in [-0.15, -0.1) is 0 Å². The molecule has 0 aromatic heterocycles. The summed E-state index contributed by atoms with van der Waals surface area (Å²) in [7, 11) is 1.65. The number of aryl methyl sites for hydroxylation is 1. The lowest BCUT2D eigenvalue weighted by Crippen LogP contribution is -2.29. The summed E-state index contributed by atoms with van der Waals surface area (Å²) < 4.78 is 5.42. The van der Waals surface area contributed by atoms with Gasteiger partial charge >= 0.3 is 0 Å². The van der Waals surface area contributed by atoms with Crippen LogP contribution in [0.15, 0.2) is 6.07 Å². The van der Waals surface area contributed by atoms with Crippen molar-refractivity contribution < 1.29 is 4.74 Å². The highest BCUT2D eigenvalue weighted by molar-refractivity contribution is 6.33. The highest BCUT2D eigenvalue weighted by Gasteiger charge is 2.26. The Balaban J connectivity index is 2.66. The van der Waals surface area contributed by atoms with Crippen LogP contribution in [0, 0.1) is 0 Å². The third-order valence-corrected chi connectivity index (χ3v) is 3.59. The zero-order valence-electron chi connectivity index (χ0n) is 10.1. The molecule has 1 aliphatic carbocycles. The zero-order valence-corrected chi connectivity index (χ0v) is 10.8. The van der Waals surface area contributed by atoms with Crippen molar-refractivity contribution in [1.82, 2.24) is 0 Å². The van der Waals surface area contributed by atoms with Crippen LogP contribution in [-0.4, -0.2) is 7.11 Å². The molecule has 2 rings (SSSR count). The minimum absolute atomic E-state index is 0.424. The average molecular weight is 240 g/mol. The number of halogens is 1. The van der Waals surface area contributed by atoms with E-state index in [0.29, 0.717) is 0 Å². The summed E-state index contributed by atoms with van der Waals surface area (Å²) >= 11 is 6.38. The Morgan fingerprint density at radius 2 is 2.06 bits per heavy atom. The summed E-state index contributed by atoms with van der Waals surface area (Å²) in [6, 6.07) is 2.16. The number of benzene rings is 1. The van der Waals surface area contributed by atoms with Gasteiger partial charge < -0.3 is 10.5 Å². The Morgan fingerprint density at radius 1 is 1.38 bits per heavy atom. The molecule has 0 saturated heterocycles. The van der Waals surface area contributed by atoms with Crippen LogP contribution < -0.4 is 10.5 Å². The molecule has 0 fully saturated rings. The molecule has 0 bridgehead atoms. The Morgan fingerprint density at radius 3 is 2.62 bits per heavy atom. The van der Waals surface area contributed by atoms with Crippen molar-refractivity contribution >= 4 is 11.6 Å². The smallest absolute Gasteiger partial charge is 0.142 e. The zero-order chi connectivity index (χ0) is 11.9. The normalized spacial score (nSPS) is 15.1. The van der Waals surface area contributed by atoms with Gasteiger partial charge in [0.15, 0.2) is 0 Å². The standard InChI is InChI=1S/C13H18ClNO/c1-13(2,15)10-7-8-5-4-6-9(8)11(14)12(10)16-3/h7H,4-6,15H2,1-3H3. The second-order valence-electron chi connectivity index (χ2n) is 4.98. The first-order valence-electron chi connectivity index (χ1n) is 5.62. The van der Waals surface area contributed by atoms with Crippen LogP contribution in [0.4, 0.5) is 0 Å². The highest BCUT2D eigenvalue weighted by Crippen LogP contribution is 2.41. The maximum atomic E-state index is 6.38. The molecule has 1 aromatic rings. The van der Waals surface area contributed by atoms with E-state index >= 15 is 0 Å². The molecule has 0 aliphatic heterocycles. The molecule has 16 heavy (non-hydrogen) atoms. The molecule has 0 spiro atoms. The second-order valence-corrected chi connectivity index (χ2v) is 5.36. The molecule has 2 N–H and O–H groups in total. The summed E-state index contributed by atoms with van der Waals surface area (Å²) in [4.78, 5) is 0. The van der Waals surface area contributed by atoms with Crippen molar-refractivity contribution in [2.45, 2.75) is 38.6 Å².